The van der Waals surface area contributed by atoms with Gasteiger partial charge >= 0.3 is 6.03 Å². The van der Waals surface area contributed by atoms with Gasteiger partial charge in [0, 0.05) is 32.9 Å². The van der Waals surface area contributed by atoms with Gasteiger partial charge in [-0.1, -0.05) is 6.07 Å². The van der Waals surface area contributed by atoms with Crippen molar-refractivity contribution < 1.29 is 9.18 Å². The molecule has 2 amide bonds. The highest BCUT2D eigenvalue weighted by molar-refractivity contribution is 6.01. The summed E-state index contributed by atoms with van der Waals surface area (Å²) < 4.78 is 13.6. The van der Waals surface area contributed by atoms with Crippen molar-refractivity contribution in [1.29, 1.82) is 0 Å². The molecule has 2 heterocycles. The Morgan fingerprint density at radius 1 is 1.23 bits per heavy atom. The molecule has 1 aromatic heterocycles. The van der Waals surface area contributed by atoms with Crippen molar-refractivity contribution in [2.45, 2.75) is 19.8 Å². The fraction of sp³-hybridized carbons (Fsp3) is 0.389. The predicted molar refractivity (Wildman–Crippen MR) is 102 cm³/mol. The van der Waals surface area contributed by atoms with E-state index in [1.54, 1.807) is 25.3 Å². The summed E-state index contributed by atoms with van der Waals surface area (Å²) >= 11 is 0. The number of nitrogens with one attached hydrogen (secondary N) is 2. The Labute approximate surface area is 152 Å². The highest BCUT2D eigenvalue weighted by Gasteiger charge is 2.18. The SMILES string of the molecule is Cc1ccc(NC(=O)Nc2cnc(N3CCCC3)nc2N(C)C)cc1F. The molecule has 3 rings (SSSR count). The third kappa shape index (κ3) is 4.01. The minimum Gasteiger partial charge on any atom is -0.361 e. The van der Waals surface area contributed by atoms with Crippen molar-refractivity contribution in [1.82, 2.24) is 9.97 Å². The largest absolute Gasteiger partial charge is 0.361 e. The van der Waals surface area contributed by atoms with Crippen molar-refractivity contribution in [2.75, 3.05) is 47.6 Å². The lowest BCUT2D eigenvalue weighted by molar-refractivity contribution is 0.262. The summed E-state index contributed by atoms with van der Waals surface area (Å²) in [5, 5.41) is 5.35. The summed E-state index contributed by atoms with van der Waals surface area (Å²) in [5.74, 6) is 0.917. The van der Waals surface area contributed by atoms with E-state index in [0.29, 0.717) is 28.7 Å². The van der Waals surface area contributed by atoms with Gasteiger partial charge in [-0.15, -0.1) is 0 Å². The zero-order valence-corrected chi connectivity index (χ0v) is 15.2. The lowest BCUT2D eigenvalue weighted by atomic mass is 10.2. The second-order valence-electron chi connectivity index (χ2n) is 6.54. The Morgan fingerprint density at radius 3 is 2.62 bits per heavy atom. The Balaban J connectivity index is 1.75. The van der Waals surface area contributed by atoms with Crippen LogP contribution >= 0.6 is 0 Å². The van der Waals surface area contributed by atoms with E-state index >= 15 is 0 Å². The number of rotatable bonds is 4. The summed E-state index contributed by atoms with van der Waals surface area (Å²) in [5.41, 5.74) is 1.39. The van der Waals surface area contributed by atoms with Crippen LogP contribution in [-0.4, -0.2) is 43.2 Å². The highest BCUT2D eigenvalue weighted by Crippen LogP contribution is 2.25. The predicted octanol–water partition coefficient (Wildman–Crippen LogP) is 3.23. The lowest BCUT2D eigenvalue weighted by Gasteiger charge is -2.21. The molecule has 0 spiro atoms. The molecule has 0 saturated carbocycles. The first-order chi connectivity index (χ1) is 12.4. The van der Waals surface area contributed by atoms with Crippen molar-refractivity contribution in [3.05, 3.63) is 35.8 Å². The van der Waals surface area contributed by atoms with E-state index in [1.165, 1.54) is 6.07 Å². The molecule has 138 valence electrons. The van der Waals surface area contributed by atoms with Crippen LogP contribution in [0.2, 0.25) is 0 Å². The maximum absolute atomic E-state index is 13.6. The molecule has 0 unspecified atom stereocenters. The van der Waals surface area contributed by atoms with Crippen LogP contribution in [0.5, 0.6) is 0 Å². The fourth-order valence-corrected chi connectivity index (χ4v) is 2.82. The molecular formula is C18H23FN6O. The molecule has 0 radical (unpaired) electrons. The van der Waals surface area contributed by atoms with Crippen LogP contribution < -0.4 is 20.4 Å². The van der Waals surface area contributed by atoms with Gasteiger partial charge in [0.05, 0.1) is 6.20 Å². The van der Waals surface area contributed by atoms with Crippen LogP contribution in [0, 0.1) is 12.7 Å². The van der Waals surface area contributed by atoms with Gasteiger partial charge in [0.2, 0.25) is 5.95 Å². The quantitative estimate of drug-likeness (QED) is 0.878. The van der Waals surface area contributed by atoms with Gasteiger partial charge in [-0.2, -0.15) is 4.98 Å². The second-order valence-corrected chi connectivity index (χ2v) is 6.54. The number of benzene rings is 1. The number of hydrogen-bond donors (Lipinski definition) is 2. The van der Waals surface area contributed by atoms with E-state index in [9.17, 15) is 9.18 Å². The number of hydrogen-bond acceptors (Lipinski definition) is 5. The monoisotopic (exact) mass is 358 g/mol. The van der Waals surface area contributed by atoms with Gasteiger partial charge in [0.1, 0.15) is 11.5 Å². The molecule has 7 nitrogen and oxygen atoms in total. The topological polar surface area (TPSA) is 73.4 Å². The van der Waals surface area contributed by atoms with Crippen molar-refractivity contribution in [3.8, 4) is 0 Å². The maximum Gasteiger partial charge on any atom is 0.323 e. The smallest absolute Gasteiger partial charge is 0.323 e. The summed E-state index contributed by atoms with van der Waals surface area (Å²) in [4.78, 5) is 25.2. The number of anilines is 4. The zero-order chi connectivity index (χ0) is 18.7. The average Bonchev–Trinajstić information content (AvgIpc) is 3.13. The average molecular weight is 358 g/mol. The Bertz CT molecular complexity index is 804. The molecule has 1 fully saturated rings. The number of urea groups is 1. The molecule has 1 aromatic carbocycles. The minimum atomic E-state index is -0.478. The Kier molecular flexibility index (Phi) is 5.20. The first-order valence-electron chi connectivity index (χ1n) is 8.57. The van der Waals surface area contributed by atoms with Gasteiger partial charge in [0.25, 0.3) is 0 Å². The molecule has 1 aliphatic heterocycles. The number of aryl methyl sites for hydroxylation is 1. The number of carbonyl (C=O) groups is 1. The van der Waals surface area contributed by atoms with E-state index in [4.69, 9.17) is 0 Å². The van der Waals surface area contributed by atoms with Crippen LogP contribution in [0.4, 0.5) is 32.3 Å². The Hall–Kier alpha value is -2.90. The van der Waals surface area contributed by atoms with E-state index < -0.39 is 6.03 Å². The number of carbonyl (C=O) groups excluding carboxylic acids is 1. The molecule has 1 saturated heterocycles. The zero-order valence-electron chi connectivity index (χ0n) is 15.2. The third-order valence-electron chi connectivity index (χ3n) is 4.25. The van der Waals surface area contributed by atoms with E-state index in [1.807, 2.05) is 19.0 Å². The van der Waals surface area contributed by atoms with E-state index in [2.05, 4.69) is 25.5 Å². The Morgan fingerprint density at radius 2 is 1.96 bits per heavy atom. The molecule has 8 heteroatoms. The van der Waals surface area contributed by atoms with Crippen LogP contribution in [0.15, 0.2) is 24.4 Å². The van der Waals surface area contributed by atoms with Gasteiger partial charge in [-0.25, -0.2) is 14.2 Å². The first kappa shape index (κ1) is 17.9. The molecular weight excluding hydrogens is 335 g/mol. The second kappa shape index (κ2) is 7.55. The number of amides is 2. The molecule has 0 atom stereocenters. The van der Waals surface area contributed by atoms with E-state index in [-0.39, 0.29) is 5.82 Å². The first-order valence-corrected chi connectivity index (χ1v) is 8.57. The molecule has 26 heavy (non-hydrogen) atoms. The molecule has 2 N–H and O–H groups in total. The molecule has 0 aliphatic carbocycles. The number of halogens is 1. The van der Waals surface area contributed by atoms with Crippen molar-refractivity contribution in [3.63, 3.8) is 0 Å². The normalized spacial score (nSPS) is 13.6. The standard InChI is InChI=1S/C18H23FN6O/c1-12-6-7-13(10-14(12)19)21-18(26)22-15-11-20-17(23-16(15)24(2)3)25-8-4-5-9-25/h6-7,10-11H,4-5,8-9H2,1-3H3,(H2,21,22,26). The fourth-order valence-electron chi connectivity index (χ4n) is 2.82. The van der Waals surface area contributed by atoms with Crippen molar-refractivity contribution in [2.24, 2.45) is 0 Å². The van der Waals surface area contributed by atoms with Gasteiger partial charge in [-0.05, 0) is 37.5 Å². The molecule has 1 aliphatic rings. The number of aromatic nitrogens is 2. The molecule has 2 aromatic rings. The van der Waals surface area contributed by atoms with Crippen LogP contribution in [0.25, 0.3) is 0 Å². The maximum atomic E-state index is 13.6. The van der Waals surface area contributed by atoms with Gasteiger partial charge in [-0.3, -0.25) is 0 Å². The summed E-state index contributed by atoms with van der Waals surface area (Å²) in [7, 11) is 3.71. The molecule has 0 bridgehead atoms. The summed E-state index contributed by atoms with van der Waals surface area (Å²) in [6, 6.07) is 4.07. The van der Waals surface area contributed by atoms with Crippen LogP contribution in [0.3, 0.4) is 0 Å². The minimum absolute atomic E-state index is 0.366. The third-order valence-corrected chi connectivity index (χ3v) is 4.25. The van der Waals surface area contributed by atoms with Crippen LogP contribution in [-0.2, 0) is 0 Å². The summed E-state index contributed by atoms with van der Waals surface area (Å²) in [6.07, 6.45) is 3.87. The van der Waals surface area contributed by atoms with Gasteiger partial charge < -0.3 is 20.4 Å². The summed E-state index contributed by atoms with van der Waals surface area (Å²) in [6.45, 7) is 3.56. The van der Waals surface area contributed by atoms with Crippen LogP contribution in [0.1, 0.15) is 18.4 Å². The highest BCUT2D eigenvalue weighted by atomic mass is 19.1. The van der Waals surface area contributed by atoms with E-state index in [0.717, 1.165) is 25.9 Å². The van der Waals surface area contributed by atoms with Crippen molar-refractivity contribution >= 4 is 29.2 Å². The lowest BCUT2D eigenvalue weighted by Crippen LogP contribution is -2.25. The number of nitrogens with zero attached hydrogens (tertiary/aromatic N) is 4. The van der Waals surface area contributed by atoms with Gasteiger partial charge in [0.15, 0.2) is 5.82 Å².